The molecule has 2 aromatic rings. The Morgan fingerprint density at radius 2 is 2.14 bits per heavy atom. The zero-order valence-corrected chi connectivity index (χ0v) is 12.8. The molecule has 2 rings (SSSR count). The number of hydrogen-bond donors (Lipinski definition) is 1. The van der Waals surface area contributed by atoms with Gasteiger partial charge in [-0.15, -0.1) is 0 Å². The van der Waals surface area contributed by atoms with Crippen molar-refractivity contribution in [2.45, 2.75) is 19.9 Å². The molecule has 0 spiro atoms. The average Bonchev–Trinajstić information content (AvgIpc) is 3.01. The van der Waals surface area contributed by atoms with E-state index in [-0.39, 0.29) is 6.04 Å². The Bertz CT molecular complexity index is 556. The molecule has 0 aromatic carbocycles. The van der Waals surface area contributed by atoms with Gasteiger partial charge in [0.15, 0.2) is 0 Å². The highest BCUT2D eigenvalue weighted by molar-refractivity contribution is 5.40. The average molecular weight is 291 g/mol. The summed E-state index contributed by atoms with van der Waals surface area (Å²) in [5.41, 5.74) is 0. The van der Waals surface area contributed by atoms with Crippen LogP contribution in [0.5, 0.6) is 0 Å². The van der Waals surface area contributed by atoms with Crippen molar-refractivity contribution in [3.8, 4) is 5.95 Å². The molecule has 0 atom stereocenters. The van der Waals surface area contributed by atoms with Crippen molar-refractivity contribution in [1.82, 2.24) is 24.5 Å². The van der Waals surface area contributed by atoms with Gasteiger partial charge in [0.1, 0.15) is 6.33 Å². The van der Waals surface area contributed by atoms with Gasteiger partial charge < -0.3 is 15.0 Å². The zero-order valence-electron chi connectivity index (χ0n) is 12.8. The van der Waals surface area contributed by atoms with Crippen LogP contribution in [0.3, 0.4) is 0 Å². The number of nitrogens with one attached hydrogen (secondary N) is 1. The predicted molar refractivity (Wildman–Crippen MR) is 80.9 cm³/mol. The summed E-state index contributed by atoms with van der Waals surface area (Å²) in [6, 6.07) is 0.253. The van der Waals surface area contributed by atoms with Crippen LogP contribution in [0.1, 0.15) is 13.8 Å². The molecule has 0 unspecified atom stereocenters. The van der Waals surface area contributed by atoms with E-state index in [1.165, 1.54) is 0 Å². The second-order valence-electron chi connectivity index (χ2n) is 4.76. The lowest BCUT2D eigenvalue weighted by atomic mass is 10.3. The molecular weight excluding hydrogens is 270 g/mol. The van der Waals surface area contributed by atoms with Crippen LogP contribution in [0.25, 0.3) is 5.95 Å². The molecule has 0 saturated heterocycles. The van der Waals surface area contributed by atoms with Crippen molar-refractivity contribution in [3.05, 3.63) is 18.7 Å². The smallest absolute Gasteiger partial charge is 0.241 e. The van der Waals surface area contributed by atoms with E-state index in [4.69, 9.17) is 4.74 Å². The van der Waals surface area contributed by atoms with Crippen molar-refractivity contribution in [2.75, 3.05) is 37.5 Å². The quantitative estimate of drug-likeness (QED) is 0.813. The van der Waals surface area contributed by atoms with E-state index >= 15 is 0 Å². The minimum atomic E-state index is 0.253. The maximum absolute atomic E-state index is 5.16. The van der Waals surface area contributed by atoms with Crippen LogP contribution in [0.4, 0.5) is 11.9 Å². The van der Waals surface area contributed by atoms with Gasteiger partial charge in [-0.25, -0.2) is 4.98 Å². The van der Waals surface area contributed by atoms with Crippen LogP contribution in [-0.2, 0) is 4.74 Å². The van der Waals surface area contributed by atoms with E-state index in [1.807, 2.05) is 0 Å². The fraction of sp³-hybridized carbons (Fsp3) is 0.538. The lowest BCUT2D eigenvalue weighted by molar-refractivity contribution is 0.203. The van der Waals surface area contributed by atoms with Crippen molar-refractivity contribution in [1.29, 1.82) is 0 Å². The van der Waals surface area contributed by atoms with Crippen molar-refractivity contribution in [3.63, 3.8) is 0 Å². The van der Waals surface area contributed by atoms with E-state index < -0.39 is 0 Å². The van der Waals surface area contributed by atoms with Crippen LogP contribution in [0, 0.1) is 0 Å². The zero-order chi connectivity index (χ0) is 15.2. The Labute approximate surface area is 124 Å². The molecule has 0 aliphatic rings. The molecule has 8 heteroatoms. The standard InChI is InChI=1S/C13H21N7O/c1-10(2)20(7-8-21-4)13-17-11(14-3)16-12(18-13)19-6-5-15-9-19/h5-6,9-10H,7-8H2,1-4H3,(H,14,16,17,18). The maximum Gasteiger partial charge on any atom is 0.241 e. The molecule has 0 aliphatic carbocycles. The Morgan fingerprint density at radius 3 is 2.71 bits per heavy atom. The van der Waals surface area contributed by atoms with Crippen LogP contribution in [-0.4, -0.2) is 57.9 Å². The SMILES string of the molecule is CNc1nc(N(CCOC)C(C)C)nc(-n2ccnc2)n1. The second kappa shape index (κ2) is 6.98. The summed E-state index contributed by atoms with van der Waals surface area (Å²) < 4.78 is 6.91. The minimum absolute atomic E-state index is 0.253. The van der Waals surface area contributed by atoms with Crippen molar-refractivity contribution < 1.29 is 4.74 Å². The van der Waals surface area contributed by atoms with Gasteiger partial charge in [0.2, 0.25) is 17.8 Å². The Balaban J connectivity index is 2.39. The van der Waals surface area contributed by atoms with Gasteiger partial charge in [0, 0.05) is 39.1 Å². The molecule has 8 nitrogen and oxygen atoms in total. The summed E-state index contributed by atoms with van der Waals surface area (Å²) in [6.45, 7) is 5.51. The molecule has 2 heterocycles. The minimum Gasteiger partial charge on any atom is -0.383 e. The van der Waals surface area contributed by atoms with Gasteiger partial charge in [-0.05, 0) is 13.8 Å². The number of methoxy groups -OCH3 is 1. The Kier molecular flexibility index (Phi) is 5.04. The number of ether oxygens (including phenoxy) is 1. The first-order valence-corrected chi connectivity index (χ1v) is 6.83. The number of imidazole rings is 1. The van der Waals surface area contributed by atoms with Crippen molar-refractivity contribution in [2.24, 2.45) is 0 Å². The summed E-state index contributed by atoms with van der Waals surface area (Å²) in [4.78, 5) is 19.4. The number of hydrogen-bond acceptors (Lipinski definition) is 7. The summed E-state index contributed by atoms with van der Waals surface area (Å²) in [5.74, 6) is 1.67. The third kappa shape index (κ3) is 3.66. The summed E-state index contributed by atoms with van der Waals surface area (Å²) >= 11 is 0. The third-order valence-electron chi connectivity index (χ3n) is 2.99. The third-order valence-corrected chi connectivity index (χ3v) is 2.99. The first-order chi connectivity index (χ1) is 10.2. The summed E-state index contributed by atoms with van der Waals surface area (Å²) in [5, 5.41) is 2.97. The molecule has 2 aromatic heterocycles. The summed E-state index contributed by atoms with van der Waals surface area (Å²) in [7, 11) is 3.47. The lowest BCUT2D eigenvalue weighted by Crippen LogP contribution is -2.35. The first-order valence-electron chi connectivity index (χ1n) is 6.83. The molecule has 0 fully saturated rings. The molecular formula is C13H21N7O. The number of nitrogens with zero attached hydrogens (tertiary/aromatic N) is 6. The molecule has 0 radical (unpaired) electrons. The highest BCUT2D eigenvalue weighted by atomic mass is 16.5. The monoisotopic (exact) mass is 291 g/mol. The van der Waals surface area contributed by atoms with Crippen molar-refractivity contribution >= 4 is 11.9 Å². The normalized spacial score (nSPS) is 10.9. The number of rotatable bonds is 7. The second-order valence-corrected chi connectivity index (χ2v) is 4.76. The largest absolute Gasteiger partial charge is 0.383 e. The topological polar surface area (TPSA) is 81.0 Å². The fourth-order valence-corrected chi connectivity index (χ4v) is 1.87. The van der Waals surface area contributed by atoms with Gasteiger partial charge in [-0.1, -0.05) is 0 Å². The van der Waals surface area contributed by atoms with Crippen LogP contribution in [0.15, 0.2) is 18.7 Å². The van der Waals surface area contributed by atoms with Gasteiger partial charge in [0.05, 0.1) is 6.61 Å². The predicted octanol–water partition coefficient (Wildman–Crippen LogP) is 0.960. The van der Waals surface area contributed by atoms with Gasteiger partial charge in [-0.3, -0.25) is 4.57 Å². The van der Waals surface area contributed by atoms with E-state index in [9.17, 15) is 0 Å². The molecule has 114 valence electrons. The molecule has 1 N–H and O–H groups in total. The summed E-state index contributed by atoms with van der Waals surface area (Å²) in [6.07, 6.45) is 5.15. The van der Waals surface area contributed by atoms with E-state index in [0.717, 1.165) is 0 Å². The van der Waals surface area contributed by atoms with E-state index in [1.54, 1.807) is 37.4 Å². The molecule has 0 aliphatic heterocycles. The molecule has 0 bridgehead atoms. The first kappa shape index (κ1) is 15.2. The highest BCUT2D eigenvalue weighted by Gasteiger charge is 2.16. The van der Waals surface area contributed by atoms with Crippen LogP contribution < -0.4 is 10.2 Å². The molecule has 21 heavy (non-hydrogen) atoms. The van der Waals surface area contributed by atoms with E-state index in [2.05, 4.69) is 44.0 Å². The van der Waals surface area contributed by atoms with E-state index in [0.29, 0.717) is 31.0 Å². The lowest BCUT2D eigenvalue weighted by Gasteiger charge is -2.26. The number of anilines is 2. The van der Waals surface area contributed by atoms with Gasteiger partial charge in [-0.2, -0.15) is 15.0 Å². The van der Waals surface area contributed by atoms with Crippen LogP contribution >= 0.6 is 0 Å². The maximum atomic E-state index is 5.16. The molecule has 0 saturated carbocycles. The van der Waals surface area contributed by atoms with Crippen LogP contribution in [0.2, 0.25) is 0 Å². The Hall–Kier alpha value is -2.22. The molecule has 0 amide bonds. The van der Waals surface area contributed by atoms with Gasteiger partial charge >= 0.3 is 0 Å². The fourth-order valence-electron chi connectivity index (χ4n) is 1.87. The number of aromatic nitrogens is 5. The Morgan fingerprint density at radius 1 is 1.33 bits per heavy atom. The highest BCUT2D eigenvalue weighted by Crippen LogP contribution is 2.15. The van der Waals surface area contributed by atoms with Gasteiger partial charge in [0.25, 0.3) is 0 Å².